The van der Waals surface area contributed by atoms with Crippen molar-refractivity contribution < 1.29 is 9.47 Å². The van der Waals surface area contributed by atoms with Crippen molar-refractivity contribution in [1.29, 1.82) is 0 Å². The molecular formula is C32H24BrClN2O3S. The van der Waals surface area contributed by atoms with Crippen molar-refractivity contribution in [2.75, 3.05) is 13.2 Å². The van der Waals surface area contributed by atoms with E-state index in [4.69, 9.17) is 32.5 Å². The standard InChI is InChI=1S/C32H24BrClN2O3S/c1-3-15-39-30-25(34)16-19(17-26(30)38-4-2)18-27-31(37)36-29(21-9-12-22(33)13-10-21)24-14-11-20-7-5-6-8-23(20)28(24)35-32(36)40-27/h1,5-10,12-13,16-18,29H,4,11,14-15H2,2H3/t29-/m0/s1. The lowest BCUT2D eigenvalue weighted by molar-refractivity contribution is 0.299. The maximum atomic E-state index is 14.0. The fourth-order valence-corrected chi connectivity index (χ4v) is 6.85. The van der Waals surface area contributed by atoms with Crippen LogP contribution in [0.5, 0.6) is 11.5 Å². The summed E-state index contributed by atoms with van der Waals surface area (Å²) in [6, 6.07) is 19.9. The Bertz CT molecular complexity index is 1880. The summed E-state index contributed by atoms with van der Waals surface area (Å²) in [5.74, 6) is 3.31. The van der Waals surface area contributed by atoms with E-state index in [1.807, 2.05) is 41.8 Å². The smallest absolute Gasteiger partial charge is 0.271 e. The Labute approximate surface area is 249 Å². The molecule has 2 heterocycles. The van der Waals surface area contributed by atoms with Crippen molar-refractivity contribution in [3.05, 3.63) is 118 Å². The van der Waals surface area contributed by atoms with Crippen LogP contribution in [-0.2, 0) is 6.42 Å². The van der Waals surface area contributed by atoms with Crippen LogP contribution in [0.3, 0.4) is 0 Å². The highest BCUT2D eigenvalue weighted by Crippen LogP contribution is 2.41. The number of benzene rings is 3. The van der Waals surface area contributed by atoms with E-state index in [9.17, 15) is 4.79 Å². The van der Waals surface area contributed by atoms with Crippen molar-refractivity contribution in [2.24, 2.45) is 4.99 Å². The van der Waals surface area contributed by atoms with E-state index in [-0.39, 0.29) is 18.2 Å². The number of allylic oxidation sites excluding steroid dienone is 1. The fraction of sp³-hybridized carbons (Fsp3) is 0.188. The zero-order valence-corrected chi connectivity index (χ0v) is 24.8. The molecule has 0 spiro atoms. The number of terminal acetylenes is 1. The predicted octanol–water partition coefficient (Wildman–Crippen LogP) is 6.15. The van der Waals surface area contributed by atoms with Gasteiger partial charge in [0.15, 0.2) is 16.3 Å². The van der Waals surface area contributed by atoms with Crippen molar-refractivity contribution >= 4 is 50.6 Å². The van der Waals surface area contributed by atoms with E-state index in [1.54, 1.807) is 6.07 Å². The van der Waals surface area contributed by atoms with E-state index >= 15 is 0 Å². The number of thiazole rings is 1. The van der Waals surface area contributed by atoms with Gasteiger partial charge in [-0.1, -0.05) is 81.2 Å². The fourth-order valence-electron chi connectivity index (χ4n) is 5.31. The number of aromatic nitrogens is 1. The maximum Gasteiger partial charge on any atom is 0.271 e. The van der Waals surface area contributed by atoms with Gasteiger partial charge < -0.3 is 9.47 Å². The molecule has 0 N–H and O–H groups in total. The first-order chi connectivity index (χ1) is 19.5. The third-order valence-electron chi connectivity index (χ3n) is 6.99. The van der Waals surface area contributed by atoms with Gasteiger partial charge in [0.1, 0.15) is 6.61 Å². The normalized spacial score (nSPS) is 15.9. The lowest BCUT2D eigenvalue weighted by atomic mass is 9.83. The van der Waals surface area contributed by atoms with E-state index in [0.29, 0.717) is 32.5 Å². The maximum absolute atomic E-state index is 14.0. The minimum Gasteiger partial charge on any atom is -0.490 e. The van der Waals surface area contributed by atoms with Crippen LogP contribution in [-0.4, -0.2) is 17.8 Å². The van der Waals surface area contributed by atoms with Gasteiger partial charge in [-0.3, -0.25) is 9.36 Å². The zero-order chi connectivity index (χ0) is 27.8. The van der Waals surface area contributed by atoms with E-state index < -0.39 is 0 Å². The number of ether oxygens (including phenoxy) is 2. The van der Waals surface area contributed by atoms with Crippen LogP contribution < -0.4 is 24.4 Å². The van der Waals surface area contributed by atoms with Crippen molar-refractivity contribution in [3.8, 4) is 23.8 Å². The van der Waals surface area contributed by atoms with Crippen LogP contribution >= 0.6 is 38.9 Å². The number of hydrogen-bond donors (Lipinski definition) is 0. The first kappa shape index (κ1) is 26.6. The molecule has 0 bridgehead atoms. The molecule has 0 saturated carbocycles. The Kier molecular flexibility index (Phi) is 7.41. The summed E-state index contributed by atoms with van der Waals surface area (Å²) in [7, 11) is 0. The summed E-state index contributed by atoms with van der Waals surface area (Å²) >= 11 is 11.5. The van der Waals surface area contributed by atoms with Gasteiger partial charge in [-0.2, -0.15) is 0 Å². The molecule has 200 valence electrons. The molecule has 1 aliphatic carbocycles. The molecule has 4 aromatic rings. The van der Waals surface area contributed by atoms with Crippen LogP contribution in [0.1, 0.15) is 41.6 Å². The number of fused-ring (bicyclic) bond motifs is 3. The summed E-state index contributed by atoms with van der Waals surface area (Å²) in [4.78, 5) is 19.8. The SMILES string of the molecule is C#CCOc1c(Cl)cc(C=c2sc3n(c2=O)[C@@H](c2ccc(Br)cc2)C2=C(N=3)c3ccccc3CC2)cc1OCC. The molecule has 6 rings (SSSR count). The lowest BCUT2D eigenvalue weighted by Gasteiger charge is -2.30. The summed E-state index contributed by atoms with van der Waals surface area (Å²) < 4.78 is 14.8. The van der Waals surface area contributed by atoms with Gasteiger partial charge in [-0.05, 0) is 72.4 Å². The summed E-state index contributed by atoms with van der Waals surface area (Å²) in [6.45, 7) is 2.38. The Morgan fingerprint density at radius 3 is 2.75 bits per heavy atom. The topological polar surface area (TPSA) is 52.8 Å². The first-order valence-corrected chi connectivity index (χ1v) is 14.9. The Morgan fingerprint density at radius 1 is 1.18 bits per heavy atom. The van der Waals surface area contributed by atoms with E-state index in [2.05, 4.69) is 52.2 Å². The Balaban J connectivity index is 1.54. The monoisotopic (exact) mass is 630 g/mol. The molecule has 0 amide bonds. The van der Waals surface area contributed by atoms with Gasteiger partial charge in [0.05, 0.1) is 27.9 Å². The molecule has 3 aromatic carbocycles. The average Bonchev–Trinajstić information content (AvgIpc) is 3.26. The second-order valence-corrected chi connectivity index (χ2v) is 11.8. The largest absolute Gasteiger partial charge is 0.490 e. The van der Waals surface area contributed by atoms with Gasteiger partial charge in [0.25, 0.3) is 5.56 Å². The number of halogens is 2. The quantitative estimate of drug-likeness (QED) is 0.240. The van der Waals surface area contributed by atoms with Crippen molar-refractivity contribution in [3.63, 3.8) is 0 Å². The molecule has 1 aromatic heterocycles. The molecule has 0 unspecified atom stereocenters. The van der Waals surface area contributed by atoms with Gasteiger partial charge in [-0.15, -0.1) is 6.42 Å². The Morgan fingerprint density at radius 2 is 1.98 bits per heavy atom. The third-order valence-corrected chi connectivity index (χ3v) is 8.78. The van der Waals surface area contributed by atoms with Crippen LogP contribution in [0, 0.1) is 12.3 Å². The molecule has 0 fully saturated rings. The second-order valence-electron chi connectivity index (χ2n) is 9.42. The third kappa shape index (κ3) is 4.81. The molecule has 0 radical (unpaired) electrons. The first-order valence-electron chi connectivity index (χ1n) is 12.9. The highest BCUT2D eigenvalue weighted by atomic mass is 79.9. The van der Waals surface area contributed by atoms with Crippen LogP contribution in [0.25, 0.3) is 11.8 Å². The molecule has 2 aliphatic rings. The minimum absolute atomic E-state index is 0.0710. The number of rotatable bonds is 6. The Hall–Kier alpha value is -3.57. The minimum atomic E-state index is -0.239. The van der Waals surface area contributed by atoms with Gasteiger partial charge in [-0.25, -0.2) is 4.99 Å². The lowest BCUT2D eigenvalue weighted by Crippen LogP contribution is -2.38. The molecule has 8 heteroatoms. The van der Waals surface area contributed by atoms with Crippen LogP contribution in [0.15, 0.2) is 80.5 Å². The second kappa shape index (κ2) is 11.1. The number of hydrogen-bond acceptors (Lipinski definition) is 5. The van der Waals surface area contributed by atoms with Crippen LogP contribution in [0.2, 0.25) is 5.02 Å². The van der Waals surface area contributed by atoms with Gasteiger partial charge in [0, 0.05) is 10.0 Å². The molecule has 0 saturated heterocycles. The molecule has 40 heavy (non-hydrogen) atoms. The van der Waals surface area contributed by atoms with Crippen LogP contribution in [0.4, 0.5) is 0 Å². The highest BCUT2D eigenvalue weighted by Gasteiger charge is 2.32. The predicted molar refractivity (Wildman–Crippen MR) is 164 cm³/mol. The summed E-state index contributed by atoms with van der Waals surface area (Å²) in [6.07, 6.45) is 8.95. The summed E-state index contributed by atoms with van der Waals surface area (Å²) in [5, 5.41) is 0.361. The van der Waals surface area contributed by atoms with E-state index in [0.717, 1.165) is 45.3 Å². The zero-order valence-electron chi connectivity index (χ0n) is 21.6. The van der Waals surface area contributed by atoms with E-state index in [1.165, 1.54) is 16.9 Å². The molecule has 1 atom stereocenters. The average molecular weight is 632 g/mol. The highest BCUT2D eigenvalue weighted by molar-refractivity contribution is 9.10. The molecule has 5 nitrogen and oxygen atoms in total. The van der Waals surface area contributed by atoms with Gasteiger partial charge >= 0.3 is 0 Å². The van der Waals surface area contributed by atoms with Gasteiger partial charge in [0.2, 0.25) is 0 Å². The number of aryl methyl sites for hydroxylation is 1. The molecule has 1 aliphatic heterocycles. The number of nitrogens with zero attached hydrogens (tertiary/aromatic N) is 2. The van der Waals surface area contributed by atoms with Crippen molar-refractivity contribution in [2.45, 2.75) is 25.8 Å². The van der Waals surface area contributed by atoms with Crippen molar-refractivity contribution in [1.82, 2.24) is 4.57 Å². The summed E-state index contributed by atoms with van der Waals surface area (Å²) in [5.41, 5.74) is 6.23. The molecular weight excluding hydrogens is 608 g/mol.